The van der Waals surface area contributed by atoms with Crippen LogP contribution in [0.2, 0.25) is 0 Å². The molecular weight excluding hydrogens is 394 g/mol. The zero-order valence-electron chi connectivity index (χ0n) is 18.5. The molecule has 4 nitrogen and oxygen atoms in total. The molecule has 0 unspecified atom stereocenters. The Balaban J connectivity index is 1.28. The Hall–Kier alpha value is -3.11. The lowest BCUT2D eigenvalue weighted by Gasteiger charge is -2.36. The van der Waals surface area contributed by atoms with Crippen LogP contribution in [-0.2, 0) is 13.1 Å². The van der Waals surface area contributed by atoms with Crippen molar-refractivity contribution in [3.05, 3.63) is 108 Å². The van der Waals surface area contributed by atoms with Gasteiger partial charge in [-0.05, 0) is 29.5 Å². The van der Waals surface area contributed by atoms with Crippen LogP contribution in [-0.4, -0.2) is 46.4 Å². The molecule has 0 aromatic heterocycles. The number of urea groups is 1. The van der Waals surface area contributed by atoms with Gasteiger partial charge in [0.2, 0.25) is 0 Å². The van der Waals surface area contributed by atoms with Gasteiger partial charge < -0.3 is 9.80 Å². The summed E-state index contributed by atoms with van der Waals surface area (Å²) in [6.45, 7) is 4.51. The van der Waals surface area contributed by atoms with Crippen molar-refractivity contribution >= 4 is 6.03 Å². The second-order valence-corrected chi connectivity index (χ2v) is 8.97. The summed E-state index contributed by atoms with van der Waals surface area (Å²) in [5, 5.41) is 0. The molecule has 0 radical (unpaired) electrons. The van der Waals surface area contributed by atoms with Crippen molar-refractivity contribution in [3.8, 4) is 0 Å². The summed E-state index contributed by atoms with van der Waals surface area (Å²) in [5.74, 6) is 0. The highest BCUT2D eigenvalue weighted by Gasteiger charge is 2.41. The molecule has 164 valence electrons. The normalized spacial score (nSPS) is 20.1. The zero-order valence-corrected chi connectivity index (χ0v) is 18.5. The van der Waals surface area contributed by atoms with Gasteiger partial charge in [-0.2, -0.15) is 0 Å². The summed E-state index contributed by atoms with van der Waals surface area (Å²) < 4.78 is 0. The molecule has 2 heterocycles. The molecule has 3 aromatic rings. The topological polar surface area (TPSA) is 26.8 Å². The van der Waals surface area contributed by atoms with Crippen LogP contribution in [0.3, 0.4) is 0 Å². The number of piperidine rings is 1. The summed E-state index contributed by atoms with van der Waals surface area (Å²) in [6.07, 6.45) is 2.08. The van der Waals surface area contributed by atoms with E-state index in [2.05, 4.69) is 81.4 Å². The SMILES string of the molecule is O=C1N(C2CCN(Cc3ccccc3)CC2)C[C@@H](c2ccccc2)N1Cc1ccccc1. The van der Waals surface area contributed by atoms with Crippen molar-refractivity contribution in [2.75, 3.05) is 19.6 Å². The molecule has 2 aliphatic heterocycles. The minimum atomic E-state index is 0.103. The average Bonchev–Trinajstić information content (AvgIpc) is 3.17. The fourth-order valence-corrected chi connectivity index (χ4v) is 5.12. The first-order valence-corrected chi connectivity index (χ1v) is 11.7. The zero-order chi connectivity index (χ0) is 21.8. The monoisotopic (exact) mass is 425 g/mol. The van der Waals surface area contributed by atoms with E-state index in [1.54, 1.807) is 0 Å². The maximum atomic E-state index is 13.6. The summed E-state index contributed by atoms with van der Waals surface area (Å²) >= 11 is 0. The Kier molecular flexibility index (Phi) is 6.22. The Bertz CT molecular complexity index is 1000. The lowest BCUT2D eigenvalue weighted by atomic mass is 10.0. The van der Waals surface area contributed by atoms with E-state index in [-0.39, 0.29) is 12.1 Å². The van der Waals surface area contributed by atoms with Gasteiger partial charge >= 0.3 is 6.03 Å². The van der Waals surface area contributed by atoms with Gasteiger partial charge in [0.15, 0.2) is 0 Å². The van der Waals surface area contributed by atoms with Crippen LogP contribution < -0.4 is 0 Å². The van der Waals surface area contributed by atoms with E-state index in [0.717, 1.165) is 39.0 Å². The van der Waals surface area contributed by atoms with Crippen molar-refractivity contribution in [2.24, 2.45) is 0 Å². The maximum absolute atomic E-state index is 13.6. The van der Waals surface area contributed by atoms with Crippen molar-refractivity contribution < 1.29 is 4.79 Å². The fourth-order valence-electron chi connectivity index (χ4n) is 5.12. The molecular formula is C28H31N3O. The minimum absolute atomic E-state index is 0.103. The number of hydrogen-bond acceptors (Lipinski definition) is 2. The number of carbonyl (C=O) groups excluding carboxylic acids is 1. The molecule has 32 heavy (non-hydrogen) atoms. The van der Waals surface area contributed by atoms with Crippen molar-refractivity contribution in [2.45, 2.75) is 38.0 Å². The van der Waals surface area contributed by atoms with E-state index < -0.39 is 0 Å². The molecule has 0 aliphatic carbocycles. The number of benzene rings is 3. The van der Waals surface area contributed by atoms with Gasteiger partial charge in [0.05, 0.1) is 6.04 Å². The van der Waals surface area contributed by atoms with Crippen molar-refractivity contribution in [1.82, 2.24) is 14.7 Å². The van der Waals surface area contributed by atoms with E-state index in [9.17, 15) is 4.79 Å². The number of hydrogen-bond donors (Lipinski definition) is 0. The molecule has 0 spiro atoms. The molecule has 2 aliphatic rings. The lowest BCUT2D eigenvalue weighted by Crippen LogP contribution is -2.46. The third kappa shape index (κ3) is 4.56. The third-order valence-corrected chi connectivity index (χ3v) is 6.86. The summed E-state index contributed by atoms with van der Waals surface area (Å²) in [4.78, 5) is 20.3. The quantitative estimate of drug-likeness (QED) is 0.534. The first kappa shape index (κ1) is 20.8. The predicted molar refractivity (Wildman–Crippen MR) is 128 cm³/mol. The minimum Gasteiger partial charge on any atom is -0.319 e. The van der Waals surface area contributed by atoms with Crippen LogP contribution in [0.1, 0.15) is 35.6 Å². The number of carbonyl (C=O) groups is 1. The fraction of sp³-hybridized carbons (Fsp3) is 0.321. The highest BCUT2D eigenvalue weighted by molar-refractivity contribution is 5.78. The molecule has 1 atom stereocenters. The Morgan fingerprint density at radius 1 is 0.688 bits per heavy atom. The molecule has 2 amide bonds. The molecule has 0 N–H and O–H groups in total. The molecule has 0 saturated carbocycles. The van der Waals surface area contributed by atoms with E-state index in [1.807, 2.05) is 24.3 Å². The van der Waals surface area contributed by atoms with Gasteiger partial charge in [-0.1, -0.05) is 91.0 Å². The smallest absolute Gasteiger partial charge is 0.319 e. The van der Waals surface area contributed by atoms with Gasteiger partial charge in [0.25, 0.3) is 0 Å². The number of likely N-dealkylation sites (tertiary alicyclic amines) is 1. The predicted octanol–water partition coefficient (Wildman–Crippen LogP) is 5.33. The number of nitrogens with zero attached hydrogens (tertiary/aromatic N) is 3. The highest BCUT2D eigenvalue weighted by Crippen LogP contribution is 2.34. The van der Waals surface area contributed by atoms with Crippen LogP contribution in [0.25, 0.3) is 0 Å². The van der Waals surface area contributed by atoms with Crippen LogP contribution in [0.15, 0.2) is 91.0 Å². The highest BCUT2D eigenvalue weighted by atomic mass is 16.2. The van der Waals surface area contributed by atoms with E-state index in [1.165, 1.54) is 16.7 Å². The number of amides is 2. The van der Waals surface area contributed by atoms with E-state index in [0.29, 0.717) is 12.6 Å². The molecule has 3 aromatic carbocycles. The largest absolute Gasteiger partial charge is 0.321 e. The summed E-state index contributed by atoms with van der Waals surface area (Å²) in [7, 11) is 0. The van der Waals surface area contributed by atoms with Gasteiger partial charge in [0, 0.05) is 38.8 Å². The van der Waals surface area contributed by atoms with Gasteiger partial charge in [-0.15, -0.1) is 0 Å². The lowest BCUT2D eigenvalue weighted by molar-refractivity contribution is 0.126. The average molecular weight is 426 g/mol. The molecule has 2 saturated heterocycles. The Labute approximate surface area is 191 Å². The van der Waals surface area contributed by atoms with Gasteiger partial charge in [0.1, 0.15) is 0 Å². The van der Waals surface area contributed by atoms with Crippen molar-refractivity contribution in [3.63, 3.8) is 0 Å². The van der Waals surface area contributed by atoms with E-state index in [4.69, 9.17) is 0 Å². The molecule has 4 heteroatoms. The van der Waals surface area contributed by atoms with E-state index >= 15 is 0 Å². The first-order chi connectivity index (χ1) is 15.8. The number of rotatable bonds is 6. The second kappa shape index (κ2) is 9.58. The Morgan fingerprint density at radius 3 is 1.81 bits per heavy atom. The van der Waals surface area contributed by atoms with Crippen molar-refractivity contribution in [1.29, 1.82) is 0 Å². The summed E-state index contributed by atoms with van der Waals surface area (Å²) in [5.41, 5.74) is 3.77. The second-order valence-electron chi connectivity index (χ2n) is 8.97. The van der Waals surface area contributed by atoms with Gasteiger partial charge in [-0.3, -0.25) is 4.90 Å². The first-order valence-electron chi connectivity index (χ1n) is 11.7. The molecule has 0 bridgehead atoms. The molecule has 2 fully saturated rings. The Morgan fingerprint density at radius 2 is 1.22 bits per heavy atom. The maximum Gasteiger partial charge on any atom is 0.321 e. The molecule has 5 rings (SSSR count). The van der Waals surface area contributed by atoms with Crippen LogP contribution >= 0.6 is 0 Å². The summed E-state index contributed by atoms with van der Waals surface area (Å²) in [6, 6.07) is 32.1. The standard InChI is InChI=1S/C28H31N3O/c32-28-30(26-16-18-29(19-17-26)20-23-10-4-1-5-11-23)22-27(25-14-8-3-9-15-25)31(28)21-24-12-6-2-7-13-24/h1-15,26-27H,16-22H2/t27-/m0/s1. The van der Waals surface area contributed by atoms with Crippen LogP contribution in [0.4, 0.5) is 4.79 Å². The third-order valence-electron chi connectivity index (χ3n) is 6.86. The van der Waals surface area contributed by atoms with Gasteiger partial charge in [-0.25, -0.2) is 4.79 Å². The van der Waals surface area contributed by atoms with Crippen LogP contribution in [0.5, 0.6) is 0 Å². The van der Waals surface area contributed by atoms with Crippen LogP contribution in [0, 0.1) is 0 Å².